The number of benzene rings is 2. The fraction of sp³-hybridized carbons (Fsp3) is 0.409. The molecule has 1 unspecified atom stereocenters. The first-order valence-corrected chi connectivity index (χ1v) is 11.8. The molecule has 0 aliphatic heterocycles. The second-order valence-corrected chi connectivity index (χ2v) is 10.2. The van der Waals surface area contributed by atoms with Gasteiger partial charge in [0.05, 0.1) is 4.90 Å². The van der Waals surface area contributed by atoms with Crippen LogP contribution in [0.2, 0.25) is 5.02 Å². The van der Waals surface area contributed by atoms with E-state index in [0.29, 0.717) is 11.4 Å². The van der Waals surface area contributed by atoms with Crippen molar-refractivity contribution < 1.29 is 18.3 Å². The van der Waals surface area contributed by atoms with E-state index in [-0.39, 0.29) is 16.7 Å². The van der Waals surface area contributed by atoms with Crippen molar-refractivity contribution in [2.45, 2.75) is 49.0 Å². The number of carboxylic acid groups (broad SMARTS) is 1. The Labute approximate surface area is 176 Å². The molecule has 0 spiro atoms. The highest BCUT2D eigenvalue weighted by atomic mass is 35.5. The van der Waals surface area contributed by atoms with Gasteiger partial charge in [0, 0.05) is 5.02 Å². The van der Waals surface area contributed by atoms with Gasteiger partial charge in [0.25, 0.3) is 0 Å². The second-order valence-electron chi connectivity index (χ2n) is 8.12. The van der Waals surface area contributed by atoms with Gasteiger partial charge in [-0.05, 0) is 53.6 Å². The van der Waals surface area contributed by atoms with Crippen molar-refractivity contribution in [2.24, 2.45) is 11.8 Å². The molecule has 2 aromatic rings. The summed E-state index contributed by atoms with van der Waals surface area (Å²) < 4.78 is 28.4. The van der Waals surface area contributed by atoms with Crippen molar-refractivity contribution in [2.75, 3.05) is 0 Å². The predicted molar refractivity (Wildman–Crippen MR) is 112 cm³/mol. The van der Waals surface area contributed by atoms with E-state index in [9.17, 15) is 18.3 Å². The van der Waals surface area contributed by atoms with E-state index in [2.05, 4.69) is 4.72 Å². The molecule has 29 heavy (non-hydrogen) atoms. The Hall–Kier alpha value is -1.89. The first-order chi connectivity index (χ1) is 13.8. The summed E-state index contributed by atoms with van der Waals surface area (Å²) >= 11 is 5.91. The maximum atomic E-state index is 12.9. The van der Waals surface area contributed by atoms with Gasteiger partial charge in [0.2, 0.25) is 10.0 Å². The molecule has 0 radical (unpaired) electrons. The van der Waals surface area contributed by atoms with Crippen LogP contribution in [0.15, 0.2) is 53.4 Å². The summed E-state index contributed by atoms with van der Waals surface area (Å²) in [6, 6.07) is 13.7. The first-order valence-electron chi connectivity index (χ1n) is 9.95. The van der Waals surface area contributed by atoms with Crippen molar-refractivity contribution in [1.29, 1.82) is 0 Å². The molecular formula is C22H24ClNO4S. The van der Waals surface area contributed by atoms with Gasteiger partial charge >= 0.3 is 5.97 Å². The summed E-state index contributed by atoms with van der Waals surface area (Å²) in [4.78, 5) is 12.0. The summed E-state index contributed by atoms with van der Waals surface area (Å²) in [7, 11) is -3.93. The molecule has 0 aromatic heterocycles. The molecule has 2 atom stereocenters. The minimum absolute atomic E-state index is 0.0742. The van der Waals surface area contributed by atoms with Gasteiger partial charge in [0.1, 0.15) is 5.54 Å². The van der Waals surface area contributed by atoms with Crippen molar-refractivity contribution in [3.63, 3.8) is 0 Å². The number of aliphatic carboxylic acids is 1. The Morgan fingerprint density at radius 3 is 2.07 bits per heavy atom. The number of carboxylic acids is 1. The number of rotatable bonds is 6. The van der Waals surface area contributed by atoms with E-state index in [1.54, 1.807) is 24.3 Å². The van der Waals surface area contributed by atoms with Crippen LogP contribution in [0.5, 0.6) is 0 Å². The minimum atomic E-state index is -3.93. The third-order valence-electron chi connectivity index (χ3n) is 6.27. The van der Waals surface area contributed by atoms with Gasteiger partial charge in [-0.2, -0.15) is 4.72 Å². The lowest BCUT2D eigenvalue weighted by atomic mass is 9.84. The number of halogens is 1. The maximum Gasteiger partial charge on any atom is 0.325 e. The zero-order chi connectivity index (χ0) is 20.6. The first kappa shape index (κ1) is 20.4. The molecular weight excluding hydrogens is 410 g/mol. The van der Waals surface area contributed by atoms with Crippen molar-refractivity contribution in [3.05, 3.63) is 53.6 Å². The molecule has 5 nitrogen and oxygen atoms in total. The molecule has 0 bridgehead atoms. The van der Waals surface area contributed by atoms with Gasteiger partial charge in [-0.25, -0.2) is 8.42 Å². The fourth-order valence-corrected chi connectivity index (χ4v) is 6.11. The highest BCUT2D eigenvalue weighted by Gasteiger charge is 2.64. The maximum absolute atomic E-state index is 12.9. The van der Waals surface area contributed by atoms with Crippen LogP contribution in [0.3, 0.4) is 0 Å². The molecule has 2 aliphatic rings. The van der Waals surface area contributed by atoms with Crippen LogP contribution in [0.1, 0.15) is 38.5 Å². The molecule has 4 rings (SSSR count). The number of hydrogen-bond donors (Lipinski definition) is 2. The molecule has 2 N–H and O–H groups in total. The summed E-state index contributed by atoms with van der Waals surface area (Å²) in [5, 5.41) is 10.4. The smallest absolute Gasteiger partial charge is 0.325 e. The highest BCUT2D eigenvalue weighted by molar-refractivity contribution is 7.89. The fourth-order valence-electron chi connectivity index (χ4n) is 4.57. The molecule has 7 heteroatoms. The molecule has 0 amide bonds. The average molecular weight is 434 g/mol. The third kappa shape index (κ3) is 4.06. The van der Waals surface area contributed by atoms with E-state index in [4.69, 9.17) is 11.6 Å². The summed E-state index contributed by atoms with van der Waals surface area (Å²) in [5.74, 6) is -0.910. The lowest BCUT2D eigenvalue weighted by Gasteiger charge is -2.24. The predicted octanol–water partition coefficient (Wildman–Crippen LogP) is 4.71. The molecule has 0 saturated heterocycles. The molecule has 2 aromatic carbocycles. The van der Waals surface area contributed by atoms with Crippen LogP contribution in [0.4, 0.5) is 0 Å². The Morgan fingerprint density at radius 2 is 1.52 bits per heavy atom. The van der Waals surface area contributed by atoms with Gasteiger partial charge < -0.3 is 5.11 Å². The van der Waals surface area contributed by atoms with Gasteiger partial charge in [0.15, 0.2) is 0 Å². The standard InChI is InChI=1S/C22H24ClNO4S/c23-18-10-6-15(7-11-18)16-8-12-19(13-9-16)29(27,28)24-22(21(25)26)14-20(22)17-4-2-1-3-5-17/h6-13,17,20,24H,1-5,14H2,(H,25,26)/t20-,22?/m0/s1. The lowest BCUT2D eigenvalue weighted by molar-refractivity contribution is -0.140. The summed E-state index contributed by atoms with van der Waals surface area (Å²) in [5.41, 5.74) is 0.420. The molecule has 2 fully saturated rings. The van der Waals surface area contributed by atoms with Crippen LogP contribution >= 0.6 is 11.6 Å². The molecule has 154 valence electrons. The Kier molecular flexibility index (Phi) is 5.44. The van der Waals surface area contributed by atoms with E-state index >= 15 is 0 Å². The van der Waals surface area contributed by atoms with Crippen LogP contribution in [-0.2, 0) is 14.8 Å². The average Bonchev–Trinajstić information content (AvgIpc) is 3.44. The van der Waals surface area contributed by atoms with Crippen molar-refractivity contribution >= 4 is 27.6 Å². The van der Waals surface area contributed by atoms with Gasteiger partial charge in [-0.15, -0.1) is 0 Å². The highest BCUT2D eigenvalue weighted by Crippen LogP contribution is 2.53. The molecule has 2 saturated carbocycles. The SMILES string of the molecule is O=C(O)C1(NS(=O)(=O)c2ccc(-c3ccc(Cl)cc3)cc2)C[C@H]1C1CCCCC1. The van der Waals surface area contributed by atoms with E-state index in [0.717, 1.165) is 36.8 Å². The number of hydrogen-bond acceptors (Lipinski definition) is 3. The number of nitrogens with one attached hydrogen (secondary N) is 1. The second kappa shape index (κ2) is 7.74. The Morgan fingerprint density at radius 1 is 0.966 bits per heavy atom. The Bertz CT molecular complexity index is 998. The quantitative estimate of drug-likeness (QED) is 0.691. The Balaban J connectivity index is 1.53. The van der Waals surface area contributed by atoms with Gasteiger partial charge in [-0.1, -0.05) is 68.0 Å². The lowest BCUT2D eigenvalue weighted by Crippen LogP contribution is -2.45. The summed E-state index contributed by atoms with van der Waals surface area (Å²) in [6.07, 6.45) is 5.70. The van der Waals surface area contributed by atoms with E-state index < -0.39 is 21.5 Å². The van der Waals surface area contributed by atoms with Crippen LogP contribution < -0.4 is 4.72 Å². The van der Waals surface area contributed by atoms with Crippen LogP contribution in [-0.4, -0.2) is 25.0 Å². The zero-order valence-electron chi connectivity index (χ0n) is 16.0. The minimum Gasteiger partial charge on any atom is -0.480 e. The zero-order valence-corrected chi connectivity index (χ0v) is 17.5. The topological polar surface area (TPSA) is 83.5 Å². The summed E-state index contributed by atoms with van der Waals surface area (Å²) in [6.45, 7) is 0. The monoisotopic (exact) mass is 433 g/mol. The third-order valence-corrected chi connectivity index (χ3v) is 8.05. The molecule has 0 heterocycles. The van der Waals surface area contributed by atoms with E-state index in [1.807, 2.05) is 12.1 Å². The normalized spacial score (nSPS) is 24.9. The number of sulfonamides is 1. The van der Waals surface area contributed by atoms with Crippen LogP contribution in [0, 0.1) is 11.8 Å². The van der Waals surface area contributed by atoms with Crippen LogP contribution in [0.25, 0.3) is 11.1 Å². The van der Waals surface area contributed by atoms with Gasteiger partial charge in [-0.3, -0.25) is 4.79 Å². The van der Waals surface area contributed by atoms with Crippen molar-refractivity contribution in [1.82, 2.24) is 4.72 Å². The number of carbonyl (C=O) groups is 1. The molecule has 2 aliphatic carbocycles. The largest absolute Gasteiger partial charge is 0.480 e. The van der Waals surface area contributed by atoms with Crippen molar-refractivity contribution in [3.8, 4) is 11.1 Å². The van der Waals surface area contributed by atoms with E-state index in [1.165, 1.54) is 18.6 Å².